The molecule has 0 aliphatic carbocycles. The highest BCUT2D eigenvalue weighted by molar-refractivity contribution is 7.92. The van der Waals surface area contributed by atoms with Gasteiger partial charge in [-0.15, -0.1) is 0 Å². The number of nitrogens with one attached hydrogen (secondary N) is 3. The van der Waals surface area contributed by atoms with E-state index in [4.69, 9.17) is 0 Å². The largest absolute Gasteiger partial charge is 0.340 e. The third-order valence-corrected chi connectivity index (χ3v) is 4.13. The average molecular weight is 382 g/mol. The van der Waals surface area contributed by atoms with Crippen molar-refractivity contribution in [1.29, 1.82) is 0 Å². The molecule has 0 radical (unpaired) electrons. The number of aromatic nitrogens is 1. The quantitative estimate of drug-likeness (QED) is 0.606. The Morgan fingerprint density at radius 3 is 2.26 bits per heavy atom. The van der Waals surface area contributed by atoms with Crippen LogP contribution in [0.15, 0.2) is 72.9 Å². The van der Waals surface area contributed by atoms with Crippen LogP contribution in [0, 0.1) is 0 Å². The second-order valence-corrected chi connectivity index (χ2v) is 7.55. The normalized spacial score (nSPS) is 10.9. The van der Waals surface area contributed by atoms with E-state index in [1.807, 2.05) is 30.3 Å². The van der Waals surface area contributed by atoms with Gasteiger partial charge in [-0.3, -0.25) is 9.52 Å². The van der Waals surface area contributed by atoms with Crippen LogP contribution in [-0.4, -0.2) is 25.6 Å². The van der Waals surface area contributed by atoms with Crippen LogP contribution in [0.1, 0.15) is 10.4 Å². The minimum Gasteiger partial charge on any atom is -0.340 e. The molecular weight excluding hydrogens is 364 g/mol. The zero-order chi connectivity index (χ0) is 19.3. The first-order chi connectivity index (χ1) is 12.9. The van der Waals surface area contributed by atoms with Gasteiger partial charge in [-0.1, -0.05) is 30.3 Å². The van der Waals surface area contributed by atoms with E-state index in [0.717, 1.165) is 11.9 Å². The zero-order valence-electron chi connectivity index (χ0n) is 14.5. The molecule has 2 aromatic carbocycles. The third kappa shape index (κ3) is 5.29. The Hall–Kier alpha value is -3.39. The second kappa shape index (κ2) is 7.88. The topological polar surface area (TPSA) is 100 Å². The van der Waals surface area contributed by atoms with Gasteiger partial charge < -0.3 is 10.6 Å². The summed E-state index contributed by atoms with van der Waals surface area (Å²) in [6.45, 7) is 0. The van der Waals surface area contributed by atoms with Crippen molar-refractivity contribution in [2.24, 2.45) is 0 Å². The Balaban J connectivity index is 1.71. The molecule has 0 aliphatic rings. The highest BCUT2D eigenvalue weighted by Crippen LogP contribution is 2.19. The minimum absolute atomic E-state index is 0.216. The first kappa shape index (κ1) is 18.4. The molecule has 1 amide bonds. The predicted octanol–water partition coefficient (Wildman–Crippen LogP) is 3.45. The molecule has 0 bridgehead atoms. The number of hydrogen-bond donors (Lipinski definition) is 3. The molecule has 0 fully saturated rings. The fraction of sp³-hybridized carbons (Fsp3) is 0.0526. The SMILES string of the molecule is CS(=O)(=O)Nc1ccccc1C(=O)Nc1ccc(Nc2ccccc2)nc1. The van der Waals surface area contributed by atoms with Crippen LogP contribution < -0.4 is 15.4 Å². The van der Waals surface area contributed by atoms with Gasteiger partial charge in [0.05, 0.1) is 29.4 Å². The number of sulfonamides is 1. The van der Waals surface area contributed by atoms with E-state index < -0.39 is 15.9 Å². The van der Waals surface area contributed by atoms with Crippen molar-refractivity contribution in [3.05, 3.63) is 78.5 Å². The van der Waals surface area contributed by atoms with E-state index in [2.05, 4.69) is 20.3 Å². The van der Waals surface area contributed by atoms with E-state index in [-0.39, 0.29) is 11.3 Å². The number of para-hydroxylation sites is 2. The first-order valence-electron chi connectivity index (χ1n) is 8.07. The molecule has 0 atom stereocenters. The Kier molecular flexibility index (Phi) is 5.37. The lowest BCUT2D eigenvalue weighted by Crippen LogP contribution is -2.17. The maximum atomic E-state index is 12.5. The van der Waals surface area contributed by atoms with Gasteiger partial charge in [-0.05, 0) is 36.4 Å². The van der Waals surface area contributed by atoms with Crippen molar-refractivity contribution in [1.82, 2.24) is 4.98 Å². The van der Waals surface area contributed by atoms with Gasteiger partial charge in [0.1, 0.15) is 5.82 Å². The molecule has 138 valence electrons. The lowest BCUT2D eigenvalue weighted by molar-refractivity contribution is 0.102. The van der Waals surface area contributed by atoms with Gasteiger partial charge >= 0.3 is 0 Å². The van der Waals surface area contributed by atoms with Crippen molar-refractivity contribution in [2.75, 3.05) is 21.6 Å². The Labute approximate surface area is 157 Å². The number of carbonyl (C=O) groups is 1. The van der Waals surface area contributed by atoms with Crippen LogP contribution in [0.4, 0.5) is 22.9 Å². The summed E-state index contributed by atoms with van der Waals surface area (Å²) in [6, 6.07) is 19.4. The summed E-state index contributed by atoms with van der Waals surface area (Å²) in [5.74, 6) is 0.200. The first-order valence-corrected chi connectivity index (χ1v) is 9.96. The molecule has 8 heteroatoms. The van der Waals surface area contributed by atoms with Gasteiger partial charge in [0.25, 0.3) is 5.91 Å². The molecule has 3 aromatic rings. The summed E-state index contributed by atoms with van der Waals surface area (Å²) in [4.78, 5) is 16.8. The highest BCUT2D eigenvalue weighted by Gasteiger charge is 2.14. The summed E-state index contributed by atoms with van der Waals surface area (Å²) in [7, 11) is -3.49. The number of pyridine rings is 1. The molecule has 7 nitrogen and oxygen atoms in total. The lowest BCUT2D eigenvalue weighted by Gasteiger charge is -2.11. The van der Waals surface area contributed by atoms with Crippen LogP contribution in [-0.2, 0) is 10.0 Å². The van der Waals surface area contributed by atoms with Crippen molar-refractivity contribution in [3.63, 3.8) is 0 Å². The number of benzene rings is 2. The average Bonchev–Trinajstić information content (AvgIpc) is 2.63. The summed E-state index contributed by atoms with van der Waals surface area (Å²) in [5, 5.41) is 5.86. The summed E-state index contributed by atoms with van der Waals surface area (Å²) < 4.78 is 25.3. The number of rotatable bonds is 6. The zero-order valence-corrected chi connectivity index (χ0v) is 15.3. The number of anilines is 4. The van der Waals surface area contributed by atoms with E-state index in [9.17, 15) is 13.2 Å². The maximum Gasteiger partial charge on any atom is 0.257 e. The number of carbonyl (C=O) groups excluding carboxylic acids is 1. The Bertz CT molecular complexity index is 1040. The van der Waals surface area contributed by atoms with Gasteiger partial charge in [-0.2, -0.15) is 0 Å². The predicted molar refractivity (Wildman–Crippen MR) is 107 cm³/mol. The van der Waals surface area contributed by atoms with Gasteiger partial charge in [0.15, 0.2) is 0 Å². The number of nitrogens with zero attached hydrogens (tertiary/aromatic N) is 1. The molecule has 1 aromatic heterocycles. The van der Waals surface area contributed by atoms with E-state index >= 15 is 0 Å². The molecule has 1 heterocycles. The second-order valence-electron chi connectivity index (χ2n) is 5.80. The summed E-state index contributed by atoms with van der Waals surface area (Å²) in [5.41, 5.74) is 1.83. The van der Waals surface area contributed by atoms with Crippen molar-refractivity contribution < 1.29 is 13.2 Å². The molecule has 3 rings (SSSR count). The molecule has 0 aliphatic heterocycles. The number of amides is 1. The van der Waals surface area contributed by atoms with E-state index in [1.54, 1.807) is 30.3 Å². The highest BCUT2D eigenvalue weighted by atomic mass is 32.2. The monoisotopic (exact) mass is 382 g/mol. The summed E-state index contributed by atoms with van der Waals surface area (Å²) in [6.07, 6.45) is 2.56. The van der Waals surface area contributed by atoms with Crippen molar-refractivity contribution in [3.8, 4) is 0 Å². The van der Waals surface area contributed by atoms with Crippen LogP contribution in [0.5, 0.6) is 0 Å². The maximum absolute atomic E-state index is 12.5. The van der Waals surface area contributed by atoms with E-state index in [0.29, 0.717) is 11.5 Å². The molecule has 0 saturated heterocycles. The molecule has 0 unspecified atom stereocenters. The Morgan fingerprint density at radius 2 is 1.59 bits per heavy atom. The van der Waals surface area contributed by atoms with Crippen LogP contribution >= 0.6 is 0 Å². The minimum atomic E-state index is -3.49. The molecule has 27 heavy (non-hydrogen) atoms. The van der Waals surface area contributed by atoms with Crippen LogP contribution in [0.2, 0.25) is 0 Å². The lowest BCUT2D eigenvalue weighted by atomic mass is 10.1. The van der Waals surface area contributed by atoms with Crippen molar-refractivity contribution in [2.45, 2.75) is 0 Å². The molecule has 0 spiro atoms. The summed E-state index contributed by atoms with van der Waals surface area (Å²) >= 11 is 0. The smallest absolute Gasteiger partial charge is 0.257 e. The van der Waals surface area contributed by atoms with Crippen molar-refractivity contribution >= 4 is 38.8 Å². The standard InChI is InChI=1S/C19H18N4O3S/c1-27(25,26)23-17-10-6-5-9-16(17)19(24)22-15-11-12-18(20-13-15)21-14-7-3-2-4-8-14/h2-13,23H,1H3,(H,20,21)(H,22,24). The third-order valence-electron chi connectivity index (χ3n) is 3.53. The Morgan fingerprint density at radius 1 is 0.889 bits per heavy atom. The number of hydrogen-bond acceptors (Lipinski definition) is 5. The van der Waals surface area contributed by atoms with E-state index in [1.165, 1.54) is 12.3 Å². The molecule has 3 N–H and O–H groups in total. The van der Waals surface area contributed by atoms with Crippen LogP contribution in [0.25, 0.3) is 0 Å². The fourth-order valence-electron chi connectivity index (χ4n) is 2.38. The fourth-order valence-corrected chi connectivity index (χ4v) is 2.96. The van der Waals surface area contributed by atoms with Gasteiger partial charge in [0, 0.05) is 5.69 Å². The molecule has 0 saturated carbocycles. The molecular formula is C19H18N4O3S. The van der Waals surface area contributed by atoms with Gasteiger partial charge in [0.2, 0.25) is 10.0 Å². The van der Waals surface area contributed by atoms with Crippen LogP contribution in [0.3, 0.4) is 0 Å². The van der Waals surface area contributed by atoms with Gasteiger partial charge in [-0.25, -0.2) is 13.4 Å².